The Balaban J connectivity index is 2.42. The van der Waals surface area contributed by atoms with E-state index in [1.807, 2.05) is 13.0 Å². The second kappa shape index (κ2) is 4.75. The number of rotatable bonds is 2. The largest absolute Gasteiger partial charge is 0.462 e. The summed E-state index contributed by atoms with van der Waals surface area (Å²) < 4.78 is 4.97. The Morgan fingerprint density at radius 2 is 2.41 bits per heavy atom. The molecule has 4 nitrogen and oxygen atoms in total. The molecule has 2 heterocycles. The van der Waals surface area contributed by atoms with Gasteiger partial charge in [0.15, 0.2) is 0 Å². The SMILES string of the molecule is CCOC(=O)c1cnc2c(c1C)NC(Cl)C=C2. The van der Waals surface area contributed by atoms with Crippen LogP contribution in [0.4, 0.5) is 5.69 Å². The molecule has 1 unspecified atom stereocenters. The minimum atomic E-state index is -0.359. The van der Waals surface area contributed by atoms with E-state index >= 15 is 0 Å². The minimum absolute atomic E-state index is 0.277. The lowest BCUT2D eigenvalue weighted by Gasteiger charge is -2.20. The van der Waals surface area contributed by atoms with Crippen molar-refractivity contribution in [3.8, 4) is 0 Å². The van der Waals surface area contributed by atoms with Gasteiger partial charge in [0.05, 0.1) is 23.6 Å². The van der Waals surface area contributed by atoms with Crippen LogP contribution < -0.4 is 5.32 Å². The smallest absolute Gasteiger partial charge is 0.340 e. The molecule has 0 fully saturated rings. The molecule has 1 atom stereocenters. The lowest BCUT2D eigenvalue weighted by Crippen LogP contribution is -2.18. The molecule has 5 heteroatoms. The average molecular weight is 253 g/mol. The van der Waals surface area contributed by atoms with Gasteiger partial charge in [-0.15, -0.1) is 0 Å². The molecule has 0 saturated heterocycles. The van der Waals surface area contributed by atoms with Crippen LogP contribution in [0.3, 0.4) is 0 Å². The van der Waals surface area contributed by atoms with Crippen molar-refractivity contribution in [1.82, 2.24) is 4.98 Å². The maximum absolute atomic E-state index is 11.7. The Morgan fingerprint density at radius 3 is 3.12 bits per heavy atom. The molecule has 0 saturated carbocycles. The van der Waals surface area contributed by atoms with Crippen LogP contribution in [0.15, 0.2) is 12.3 Å². The summed E-state index contributed by atoms with van der Waals surface area (Å²) in [6, 6.07) is 0. The molecule has 1 aromatic heterocycles. The van der Waals surface area contributed by atoms with Crippen molar-refractivity contribution >= 4 is 29.3 Å². The van der Waals surface area contributed by atoms with E-state index < -0.39 is 0 Å². The highest BCUT2D eigenvalue weighted by atomic mass is 35.5. The molecular formula is C12H13ClN2O2. The normalized spacial score (nSPS) is 17.2. The maximum atomic E-state index is 11.7. The molecule has 17 heavy (non-hydrogen) atoms. The Morgan fingerprint density at radius 1 is 1.65 bits per heavy atom. The van der Waals surface area contributed by atoms with Gasteiger partial charge in [-0.1, -0.05) is 11.6 Å². The first-order valence-corrected chi connectivity index (χ1v) is 5.82. The number of nitrogens with one attached hydrogen (secondary N) is 1. The van der Waals surface area contributed by atoms with Crippen molar-refractivity contribution in [2.24, 2.45) is 0 Å². The van der Waals surface area contributed by atoms with E-state index in [0.29, 0.717) is 12.2 Å². The summed E-state index contributed by atoms with van der Waals surface area (Å²) in [4.78, 5) is 15.9. The van der Waals surface area contributed by atoms with Gasteiger partial charge in [0.25, 0.3) is 0 Å². The molecule has 0 aliphatic carbocycles. The third kappa shape index (κ3) is 2.26. The Kier molecular flexibility index (Phi) is 3.33. The molecule has 1 aliphatic rings. The fraction of sp³-hybridized carbons (Fsp3) is 0.333. The number of nitrogens with zero attached hydrogens (tertiary/aromatic N) is 1. The fourth-order valence-corrected chi connectivity index (χ4v) is 1.89. The summed E-state index contributed by atoms with van der Waals surface area (Å²) in [6.07, 6.45) is 5.18. The average Bonchev–Trinajstić information content (AvgIpc) is 2.30. The van der Waals surface area contributed by atoms with E-state index in [1.165, 1.54) is 6.20 Å². The van der Waals surface area contributed by atoms with Crippen LogP contribution in [0, 0.1) is 6.92 Å². The number of carbonyl (C=O) groups excluding carboxylic acids is 1. The number of pyridine rings is 1. The molecule has 1 N–H and O–H groups in total. The number of hydrogen-bond acceptors (Lipinski definition) is 4. The molecule has 0 radical (unpaired) electrons. The molecule has 0 aromatic carbocycles. The summed E-state index contributed by atoms with van der Waals surface area (Å²) in [5, 5.41) is 3.07. The first kappa shape index (κ1) is 11.9. The first-order chi connectivity index (χ1) is 8.13. The van der Waals surface area contributed by atoms with E-state index in [4.69, 9.17) is 16.3 Å². The number of hydrogen-bond donors (Lipinski definition) is 1. The maximum Gasteiger partial charge on any atom is 0.340 e. The van der Waals surface area contributed by atoms with Crippen molar-refractivity contribution in [2.45, 2.75) is 19.3 Å². The number of carbonyl (C=O) groups is 1. The van der Waals surface area contributed by atoms with E-state index in [1.54, 1.807) is 13.0 Å². The summed E-state index contributed by atoms with van der Waals surface area (Å²) in [5.41, 5.74) is 2.58. The summed E-state index contributed by atoms with van der Waals surface area (Å²) in [5.74, 6) is -0.359. The number of fused-ring (bicyclic) bond motifs is 1. The van der Waals surface area contributed by atoms with Gasteiger partial charge in [-0.25, -0.2) is 4.79 Å². The molecule has 0 amide bonds. The number of ether oxygens (including phenoxy) is 1. The van der Waals surface area contributed by atoms with Gasteiger partial charge in [0.2, 0.25) is 0 Å². The van der Waals surface area contributed by atoms with Crippen LogP contribution in [0.5, 0.6) is 0 Å². The lowest BCUT2D eigenvalue weighted by atomic mass is 10.1. The number of anilines is 1. The molecule has 0 spiro atoms. The van der Waals surface area contributed by atoms with Crippen LogP contribution in [0.25, 0.3) is 6.08 Å². The number of halogens is 1. The predicted octanol–water partition coefficient (Wildman–Crippen LogP) is 2.57. The van der Waals surface area contributed by atoms with Gasteiger partial charge in [-0.2, -0.15) is 0 Å². The molecule has 1 aliphatic heterocycles. The summed E-state index contributed by atoms with van der Waals surface area (Å²) in [7, 11) is 0. The van der Waals surface area contributed by atoms with E-state index in [2.05, 4.69) is 10.3 Å². The topological polar surface area (TPSA) is 51.2 Å². The van der Waals surface area contributed by atoms with Crippen molar-refractivity contribution in [2.75, 3.05) is 11.9 Å². The van der Waals surface area contributed by atoms with Crippen molar-refractivity contribution in [1.29, 1.82) is 0 Å². The highest BCUT2D eigenvalue weighted by Crippen LogP contribution is 2.28. The zero-order valence-corrected chi connectivity index (χ0v) is 10.4. The van der Waals surface area contributed by atoms with Gasteiger partial charge in [0.1, 0.15) is 5.50 Å². The highest BCUT2D eigenvalue weighted by Gasteiger charge is 2.19. The summed E-state index contributed by atoms with van der Waals surface area (Å²) in [6.45, 7) is 3.97. The van der Waals surface area contributed by atoms with Gasteiger partial charge in [0, 0.05) is 6.20 Å². The zero-order valence-electron chi connectivity index (χ0n) is 9.66. The Labute approximate surface area is 105 Å². The first-order valence-electron chi connectivity index (χ1n) is 5.39. The quantitative estimate of drug-likeness (QED) is 0.499. The second-order valence-electron chi connectivity index (χ2n) is 3.68. The second-order valence-corrected chi connectivity index (χ2v) is 4.15. The van der Waals surface area contributed by atoms with E-state index in [9.17, 15) is 4.79 Å². The predicted molar refractivity (Wildman–Crippen MR) is 67.2 cm³/mol. The van der Waals surface area contributed by atoms with Crippen LogP contribution in [-0.4, -0.2) is 23.1 Å². The van der Waals surface area contributed by atoms with E-state index in [0.717, 1.165) is 16.9 Å². The number of alkyl halides is 1. The molecule has 2 rings (SSSR count). The Hall–Kier alpha value is -1.55. The Bertz CT molecular complexity index is 486. The number of esters is 1. The minimum Gasteiger partial charge on any atom is -0.462 e. The third-order valence-electron chi connectivity index (χ3n) is 2.57. The van der Waals surface area contributed by atoms with Crippen molar-refractivity contribution in [3.63, 3.8) is 0 Å². The van der Waals surface area contributed by atoms with Gasteiger partial charge in [-0.05, 0) is 31.6 Å². The van der Waals surface area contributed by atoms with Crippen LogP contribution in [0.1, 0.15) is 28.5 Å². The fourth-order valence-electron chi connectivity index (χ4n) is 1.71. The monoisotopic (exact) mass is 252 g/mol. The van der Waals surface area contributed by atoms with Gasteiger partial charge < -0.3 is 10.1 Å². The van der Waals surface area contributed by atoms with Gasteiger partial charge in [-0.3, -0.25) is 4.98 Å². The van der Waals surface area contributed by atoms with Crippen LogP contribution >= 0.6 is 11.6 Å². The third-order valence-corrected chi connectivity index (χ3v) is 2.82. The number of aromatic nitrogens is 1. The van der Waals surface area contributed by atoms with Crippen molar-refractivity contribution < 1.29 is 9.53 Å². The van der Waals surface area contributed by atoms with Crippen molar-refractivity contribution in [3.05, 3.63) is 29.1 Å². The zero-order chi connectivity index (χ0) is 12.4. The highest BCUT2D eigenvalue weighted by molar-refractivity contribution is 6.23. The lowest BCUT2D eigenvalue weighted by molar-refractivity contribution is 0.0525. The van der Waals surface area contributed by atoms with Crippen LogP contribution in [0.2, 0.25) is 0 Å². The molecule has 90 valence electrons. The standard InChI is InChI=1S/C12H13ClN2O2/c1-3-17-12(16)8-6-14-9-4-5-10(13)15-11(9)7(8)2/h4-6,10,15H,3H2,1-2H3. The molecular weight excluding hydrogens is 240 g/mol. The van der Waals surface area contributed by atoms with Crippen LogP contribution in [-0.2, 0) is 4.74 Å². The summed E-state index contributed by atoms with van der Waals surface area (Å²) >= 11 is 5.97. The van der Waals surface area contributed by atoms with E-state index in [-0.39, 0.29) is 11.5 Å². The molecule has 0 bridgehead atoms. The molecule has 1 aromatic rings. The van der Waals surface area contributed by atoms with Gasteiger partial charge >= 0.3 is 5.97 Å².